The van der Waals surface area contributed by atoms with Gasteiger partial charge in [0.2, 0.25) is 0 Å². The van der Waals surface area contributed by atoms with E-state index in [-0.39, 0.29) is 4.90 Å². The zero-order valence-electron chi connectivity index (χ0n) is 12.8. The molecular formula is C16H15ClN2O4S. The number of hydrogen-bond donors (Lipinski definition) is 1. The van der Waals surface area contributed by atoms with Crippen molar-refractivity contribution in [2.45, 2.75) is 11.8 Å². The van der Waals surface area contributed by atoms with Gasteiger partial charge in [-0.3, -0.25) is 0 Å². The van der Waals surface area contributed by atoms with E-state index in [0.717, 1.165) is 5.56 Å². The van der Waals surface area contributed by atoms with Gasteiger partial charge in [-0.2, -0.15) is 13.5 Å². The first-order valence-electron chi connectivity index (χ1n) is 7.16. The summed E-state index contributed by atoms with van der Waals surface area (Å²) in [5, 5.41) is 4.17. The van der Waals surface area contributed by atoms with E-state index in [0.29, 0.717) is 35.3 Å². The van der Waals surface area contributed by atoms with Gasteiger partial charge in [0.25, 0.3) is 10.0 Å². The summed E-state index contributed by atoms with van der Waals surface area (Å²) in [7, 11) is -3.71. The average molecular weight is 367 g/mol. The fourth-order valence-corrected chi connectivity index (χ4v) is 3.21. The van der Waals surface area contributed by atoms with Gasteiger partial charge in [-0.25, -0.2) is 4.83 Å². The van der Waals surface area contributed by atoms with Crippen LogP contribution in [0, 0.1) is 6.92 Å². The number of hydrazone groups is 1. The zero-order chi connectivity index (χ0) is 17.2. The fourth-order valence-electron chi connectivity index (χ4n) is 2.15. The van der Waals surface area contributed by atoms with Crippen LogP contribution in [0.3, 0.4) is 0 Å². The summed E-state index contributed by atoms with van der Waals surface area (Å²) in [5.41, 5.74) is 1.57. The molecule has 2 aromatic carbocycles. The van der Waals surface area contributed by atoms with Crippen molar-refractivity contribution in [2.75, 3.05) is 13.2 Å². The van der Waals surface area contributed by atoms with Gasteiger partial charge in [-0.15, -0.1) is 0 Å². The van der Waals surface area contributed by atoms with Crippen molar-refractivity contribution in [1.29, 1.82) is 0 Å². The highest BCUT2D eigenvalue weighted by Gasteiger charge is 2.16. The van der Waals surface area contributed by atoms with Crippen LogP contribution in [0.25, 0.3) is 0 Å². The SMILES string of the molecule is Cc1ccc(S(=O)(=O)N/N=C\c2cc(Cl)c3c(c2)OCCO3)cc1. The van der Waals surface area contributed by atoms with Gasteiger partial charge in [-0.1, -0.05) is 29.3 Å². The molecule has 1 heterocycles. The van der Waals surface area contributed by atoms with Crippen LogP contribution < -0.4 is 14.3 Å². The molecule has 126 valence electrons. The minimum absolute atomic E-state index is 0.144. The summed E-state index contributed by atoms with van der Waals surface area (Å²) in [5.74, 6) is 0.997. The number of nitrogens with zero attached hydrogens (tertiary/aromatic N) is 1. The van der Waals surface area contributed by atoms with Crippen LogP contribution >= 0.6 is 11.6 Å². The average Bonchev–Trinajstić information content (AvgIpc) is 2.55. The van der Waals surface area contributed by atoms with Gasteiger partial charge in [0, 0.05) is 0 Å². The van der Waals surface area contributed by atoms with Gasteiger partial charge in [-0.05, 0) is 36.8 Å². The number of sulfonamides is 1. The number of rotatable bonds is 4. The van der Waals surface area contributed by atoms with Crippen LogP contribution in [0.4, 0.5) is 0 Å². The van der Waals surface area contributed by atoms with Crippen LogP contribution in [-0.2, 0) is 10.0 Å². The highest BCUT2D eigenvalue weighted by atomic mass is 35.5. The standard InChI is InChI=1S/C16H15ClN2O4S/c1-11-2-4-13(5-3-11)24(20,21)19-18-10-12-8-14(17)16-15(9-12)22-6-7-23-16/h2-5,8-10,19H,6-7H2,1H3/b18-10-. The molecule has 0 bridgehead atoms. The Morgan fingerprint density at radius 2 is 1.88 bits per heavy atom. The molecule has 0 atom stereocenters. The molecule has 8 heteroatoms. The second-order valence-electron chi connectivity index (χ2n) is 5.19. The summed E-state index contributed by atoms with van der Waals surface area (Å²) in [6.07, 6.45) is 1.36. The minimum atomic E-state index is -3.71. The third-order valence-corrected chi connectivity index (χ3v) is 4.86. The maximum atomic E-state index is 12.1. The second kappa shape index (κ2) is 6.70. The molecule has 3 rings (SSSR count). The lowest BCUT2D eigenvalue weighted by Crippen LogP contribution is -2.18. The van der Waals surface area contributed by atoms with Crippen molar-refractivity contribution < 1.29 is 17.9 Å². The molecule has 0 saturated heterocycles. The second-order valence-corrected chi connectivity index (χ2v) is 7.26. The lowest BCUT2D eigenvalue weighted by Gasteiger charge is -2.19. The predicted molar refractivity (Wildman–Crippen MR) is 91.5 cm³/mol. The Hall–Kier alpha value is -2.25. The van der Waals surface area contributed by atoms with Crippen LogP contribution in [0.1, 0.15) is 11.1 Å². The first-order valence-corrected chi connectivity index (χ1v) is 9.02. The molecule has 0 fully saturated rings. The Morgan fingerprint density at radius 3 is 2.62 bits per heavy atom. The molecule has 0 aromatic heterocycles. The topological polar surface area (TPSA) is 77.0 Å². The number of nitrogens with one attached hydrogen (secondary N) is 1. The van der Waals surface area contributed by atoms with Crippen molar-refractivity contribution in [1.82, 2.24) is 4.83 Å². The van der Waals surface area contributed by atoms with E-state index in [1.807, 2.05) is 6.92 Å². The number of hydrogen-bond acceptors (Lipinski definition) is 5. The van der Waals surface area contributed by atoms with E-state index in [2.05, 4.69) is 9.93 Å². The van der Waals surface area contributed by atoms with Crippen molar-refractivity contribution in [3.05, 3.63) is 52.5 Å². The lowest BCUT2D eigenvalue weighted by molar-refractivity contribution is 0.171. The first kappa shape index (κ1) is 16.6. The number of benzene rings is 2. The highest BCUT2D eigenvalue weighted by molar-refractivity contribution is 7.89. The van der Waals surface area contributed by atoms with E-state index in [9.17, 15) is 8.42 Å². The van der Waals surface area contributed by atoms with Crippen LogP contribution in [0.15, 0.2) is 46.4 Å². The molecule has 0 spiro atoms. The van der Waals surface area contributed by atoms with E-state index < -0.39 is 10.0 Å². The molecule has 0 unspecified atom stereocenters. The quantitative estimate of drug-likeness (QED) is 0.666. The third-order valence-electron chi connectivity index (χ3n) is 3.34. The van der Waals surface area contributed by atoms with Gasteiger partial charge in [0.05, 0.1) is 16.1 Å². The Labute approximate surface area is 145 Å². The van der Waals surface area contributed by atoms with Gasteiger partial charge >= 0.3 is 0 Å². The summed E-state index contributed by atoms with van der Waals surface area (Å²) >= 11 is 6.12. The molecule has 1 aliphatic heterocycles. The van der Waals surface area contributed by atoms with E-state index in [1.165, 1.54) is 18.3 Å². The van der Waals surface area contributed by atoms with Gasteiger partial charge in [0.15, 0.2) is 11.5 Å². The van der Waals surface area contributed by atoms with Gasteiger partial charge < -0.3 is 9.47 Å². The molecule has 0 aliphatic carbocycles. The minimum Gasteiger partial charge on any atom is -0.486 e. The van der Waals surface area contributed by atoms with E-state index >= 15 is 0 Å². The molecule has 24 heavy (non-hydrogen) atoms. The summed E-state index contributed by atoms with van der Waals surface area (Å²) in [6.45, 7) is 2.76. The molecule has 2 aromatic rings. The van der Waals surface area contributed by atoms with Crippen LogP contribution in [-0.4, -0.2) is 27.8 Å². The number of ether oxygens (including phenoxy) is 2. The van der Waals surface area contributed by atoms with Crippen molar-refractivity contribution in [3.8, 4) is 11.5 Å². The normalized spacial score (nSPS) is 13.9. The van der Waals surface area contributed by atoms with Crippen molar-refractivity contribution in [2.24, 2.45) is 5.10 Å². The number of halogens is 1. The van der Waals surface area contributed by atoms with E-state index in [1.54, 1.807) is 24.3 Å². The molecule has 0 radical (unpaired) electrons. The summed E-state index contributed by atoms with van der Waals surface area (Å²) in [4.78, 5) is 2.31. The Morgan fingerprint density at radius 1 is 1.17 bits per heavy atom. The molecule has 0 amide bonds. The van der Waals surface area contributed by atoms with E-state index in [4.69, 9.17) is 21.1 Å². The summed E-state index contributed by atoms with van der Waals surface area (Å²) in [6, 6.07) is 9.79. The maximum Gasteiger partial charge on any atom is 0.276 e. The Bertz CT molecular complexity index is 880. The molecule has 1 aliphatic rings. The predicted octanol–water partition coefficient (Wildman–Crippen LogP) is 2.73. The van der Waals surface area contributed by atoms with Crippen molar-refractivity contribution >= 4 is 27.8 Å². The zero-order valence-corrected chi connectivity index (χ0v) is 14.4. The van der Waals surface area contributed by atoms with Crippen molar-refractivity contribution in [3.63, 3.8) is 0 Å². The Kier molecular flexibility index (Phi) is 4.64. The molecule has 6 nitrogen and oxygen atoms in total. The third kappa shape index (κ3) is 3.63. The Balaban J connectivity index is 1.76. The molecule has 1 N–H and O–H groups in total. The lowest BCUT2D eigenvalue weighted by atomic mass is 10.2. The fraction of sp³-hybridized carbons (Fsp3) is 0.188. The van der Waals surface area contributed by atoms with Gasteiger partial charge in [0.1, 0.15) is 13.2 Å². The largest absolute Gasteiger partial charge is 0.486 e. The highest BCUT2D eigenvalue weighted by Crippen LogP contribution is 2.37. The number of aryl methyl sites for hydroxylation is 1. The number of fused-ring (bicyclic) bond motifs is 1. The molecule has 0 saturated carbocycles. The maximum absolute atomic E-state index is 12.1. The monoisotopic (exact) mass is 366 g/mol. The smallest absolute Gasteiger partial charge is 0.276 e. The molecular weight excluding hydrogens is 352 g/mol. The first-order chi connectivity index (χ1) is 11.5. The summed E-state index contributed by atoms with van der Waals surface area (Å²) < 4.78 is 35.2. The van der Waals surface area contributed by atoms with Crippen LogP contribution in [0.5, 0.6) is 11.5 Å². The van der Waals surface area contributed by atoms with Crippen LogP contribution in [0.2, 0.25) is 5.02 Å².